The average Bonchev–Trinajstić information content (AvgIpc) is 3.28. The molecule has 1 N–H and O–H groups in total. The van der Waals surface area contributed by atoms with Crippen LogP contribution in [0.3, 0.4) is 0 Å². The number of nitrogens with one attached hydrogen (secondary N) is 1. The van der Waals surface area contributed by atoms with Crippen LogP contribution in [0.1, 0.15) is 19.8 Å². The Morgan fingerprint density at radius 3 is 2.87 bits per heavy atom. The average molecular weight is 542 g/mol. The summed E-state index contributed by atoms with van der Waals surface area (Å²) in [6.07, 6.45) is 2.23. The van der Waals surface area contributed by atoms with Gasteiger partial charge in [-0.1, -0.05) is 6.07 Å². The lowest BCUT2D eigenvalue weighted by Crippen LogP contribution is -2.61. The summed E-state index contributed by atoms with van der Waals surface area (Å²) in [5.41, 5.74) is 2.44. The first-order chi connectivity index (χ1) is 18.4. The lowest BCUT2D eigenvalue weighted by Gasteiger charge is -2.51. The number of amides is 1. The van der Waals surface area contributed by atoms with Crippen molar-refractivity contribution < 1.29 is 27.8 Å². The zero-order chi connectivity index (χ0) is 26.1. The van der Waals surface area contributed by atoms with Crippen LogP contribution < -0.4 is 10.1 Å². The fraction of sp³-hybridized carbons (Fsp3) is 0.462. The van der Waals surface area contributed by atoms with Gasteiger partial charge in [-0.2, -0.15) is 9.37 Å². The van der Waals surface area contributed by atoms with E-state index in [4.69, 9.17) is 14.2 Å². The second kappa shape index (κ2) is 8.57. The normalized spacial score (nSPS) is 28.3. The van der Waals surface area contributed by atoms with Crippen molar-refractivity contribution in [2.75, 3.05) is 31.6 Å². The SMILES string of the molecule is CC1(OC(=O)N2CC3C(Oc4ncnc(Nc5ccc(-c6cscn6)cc5F)c4F)C4COCC43C2)CC1. The molecule has 0 radical (unpaired) electrons. The molecule has 4 heterocycles. The highest BCUT2D eigenvalue weighted by Crippen LogP contribution is 2.60. The van der Waals surface area contributed by atoms with E-state index < -0.39 is 11.6 Å². The Kier molecular flexibility index (Phi) is 5.35. The van der Waals surface area contributed by atoms with Crippen LogP contribution in [0.5, 0.6) is 5.88 Å². The zero-order valence-electron chi connectivity index (χ0n) is 20.5. The molecule has 4 aliphatic rings. The van der Waals surface area contributed by atoms with E-state index in [9.17, 15) is 9.18 Å². The summed E-state index contributed by atoms with van der Waals surface area (Å²) in [6.45, 7) is 3.92. The molecule has 3 aromatic rings. The van der Waals surface area contributed by atoms with Crippen LogP contribution in [-0.4, -0.2) is 64.0 Å². The van der Waals surface area contributed by atoms with Crippen LogP contribution in [0.25, 0.3) is 11.3 Å². The highest BCUT2D eigenvalue weighted by Gasteiger charge is 2.70. The minimum atomic E-state index is -0.817. The van der Waals surface area contributed by atoms with Gasteiger partial charge in [0.05, 0.1) is 30.1 Å². The molecule has 4 unspecified atom stereocenters. The number of carbonyl (C=O) groups is 1. The minimum Gasteiger partial charge on any atom is -0.471 e. The van der Waals surface area contributed by atoms with Gasteiger partial charge in [0.1, 0.15) is 23.8 Å². The van der Waals surface area contributed by atoms with Crippen molar-refractivity contribution in [1.29, 1.82) is 0 Å². The number of thiazole rings is 1. The molecule has 7 rings (SSSR count). The predicted octanol–water partition coefficient (Wildman–Crippen LogP) is 4.64. The van der Waals surface area contributed by atoms with Crippen molar-refractivity contribution in [2.45, 2.75) is 31.5 Å². The molecule has 2 aliphatic carbocycles. The monoisotopic (exact) mass is 541 g/mol. The van der Waals surface area contributed by atoms with Crippen LogP contribution in [0.15, 0.2) is 35.4 Å². The Labute approximate surface area is 221 Å². The van der Waals surface area contributed by atoms with Gasteiger partial charge in [-0.25, -0.2) is 19.2 Å². The van der Waals surface area contributed by atoms with Gasteiger partial charge in [-0.3, -0.25) is 0 Å². The van der Waals surface area contributed by atoms with E-state index in [-0.39, 0.29) is 52.4 Å². The molecular formula is C26H25F2N5O4S. The quantitative estimate of drug-likeness (QED) is 0.482. The van der Waals surface area contributed by atoms with E-state index in [1.54, 1.807) is 16.5 Å². The number of carbonyl (C=O) groups excluding carboxylic acids is 1. The van der Waals surface area contributed by atoms with E-state index >= 15 is 4.39 Å². The number of aromatic nitrogens is 3. The smallest absolute Gasteiger partial charge is 0.410 e. The lowest BCUT2D eigenvalue weighted by atomic mass is 9.54. The van der Waals surface area contributed by atoms with Crippen LogP contribution in [0.4, 0.5) is 25.1 Å². The Morgan fingerprint density at radius 1 is 1.24 bits per heavy atom. The molecule has 4 fully saturated rings. The van der Waals surface area contributed by atoms with Gasteiger partial charge in [0, 0.05) is 41.3 Å². The molecule has 9 nitrogen and oxygen atoms in total. The van der Waals surface area contributed by atoms with E-state index in [1.165, 1.54) is 29.8 Å². The molecule has 38 heavy (non-hydrogen) atoms. The van der Waals surface area contributed by atoms with E-state index in [2.05, 4.69) is 20.3 Å². The predicted molar refractivity (Wildman–Crippen MR) is 133 cm³/mol. The van der Waals surface area contributed by atoms with Crippen molar-refractivity contribution in [1.82, 2.24) is 19.9 Å². The van der Waals surface area contributed by atoms with Crippen molar-refractivity contribution in [3.8, 4) is 17.1 Å². The summed E-state index contributed by atoms with van der Waals surface area (Å²) in [4.78, 5) is 26.6. The van der Waals surface area contributed by atoms with Crippen molar-refractivity contribution in [3.05, 3.63) is 47.1 Å². The Hall–Kier alpha value is -3.38. The molecule has 2 aromatic heterocycles. The van der Waals surface area contributed by atoms with Gasteiger partial charge in [0.25, 0.3) is 5.88 Å². The number of halogens is 2. The first-order valence-corrected chi connectivity index (χ1v) is 13.5. The molecule has 2 saturated carbocycles. The molecule has 1 spiro atoms. The molecule has 12 heteroatoms. The van der Waals surface area contributed by atoms with Crippen molar-refractivity contribution in [2.24, 2.45) is 17.3 Å². The highest BCUT2D eigenvalue weighted by molar-refractivity contribution is 7.07. The fourth-order valence-electron chi connectivity index (χ4n) is 5.93. The maximum absolute atomic E-state index is 15.4. The fourth-order valence-corrected chi connectivity index (χ4v) is 6.49. The van der Waals surface area contributed by atoms with E-state index in [0.717, 1.165) is 12.8 Å². The summed E-state index contributed by atoms with van der Waals surface area (Å²) in [5.74, 6) is -1.83. The summed E-state index contributed by atoms with van der Waals surface area (Å²) in [6, 6.07) is 4.55. The first kappa shape index (κ1) is 23.7. The van der Waals surface area contributed by atoms with Gasteiger partial charge in [0.2, 0.25) is 5.82 Å². The molecule has 2 saturated heterocycles. The number of benzene rings is 1. The van der Waals surface area contributed by atoms with E-state index in [0.29, 0.717) is 37.6 Å². The number of ether oxygens (including phenoxy) is 3. The first-order valence-electron chi connectivity index (χ1n) is 12.5. The number of hydrogen-bond acceptors (Lipinski definition) is 9. The third-order valence-corrected chi connectivity index (χ3v) is 8.93. The maximum Gasteiger partial charge on any atom is 0.410 e. The third-order valence-electron chi connectivity index (χ3n) is 8.34. The minimum absolute atomic E-state index is 0.00305. The van der Waals surface area contributed by atoms with Gasteiger partial charge in [-0.05, 0) is 31.9 Å². The standard InChI is InChI=1S/C26H25F2N5O4S/c1-25(4-5-25)37-24(34)33-7-15-21(16-8-35-11-26(15,16)10-33)36-23-20(28)22(29-12-30-23)32-18-3-2-14(6-17(18)27)19-9-38-13-31-19/h2-3,6,9,12-13,15-16,21H,4-5,7-8,10-11H2,1H3,(H,29,30,32). The maximum atomic E-state index is 15.4. The van der Waals surface area contributed by atoms with Crippen molar-refractivity contribution >= 4 is 28.9 Å². The Bertz CT molecular complexity index is 1400. The highest BCUT2D eigenvalue weighted by atomic mass is 32.1. The summed E-state index contributed by atoms with van der Waals surface area (Å²) in [5, 5.41) is 4.53. The van der Waals surface area contributed by atoms with Gasteiger partial charge < -0.3 is 24.4 Å². The third kappa shape index (κ3) is 3.80. The largest absolute Gasteiger partial charge is 0.471 e. The number of likely N-dealkylation sites (tertiary alicyclic amines) is 1. The lowest BCUT2D eigenvalue weighted by molar-refractivity contribution is -0.103. The van der Waals surface area contributed by atoms with Crippen LogP contribution >= 0.6 is 11.3 Å². The van der Waals surface area contributed by atoms with Crippen LogP contribution in [0.2, 0.25) is 0 Å². The van der Waals surface area contributed by atoms with E-state index in [1.807, 2.05) is 12.3 Å². The van der Waals surface area contributed by atoms with Gasteiger partial charge in [-0.15, -0.1) is 11.3 Å². The second-order valence-electron chi connectivity index (χ2n) is 10.8. The summed E-state index contributed by atoms with van der Waals surface area (Å²) >= 11 is 1.42. The number of anilines is 2. The molecule has 1 aromatic carbocycles. The van der Waals surface area contributed by atoms with Crippen molar-refractivity contribution in [3.63, 3.8) is 0 Å². The molecule has 1 amide bonds. The number of hydrogen-bond donors (Lipinski definition) is 1. The zero-order valence-corrected chi connectivity index (χ0v) is 21.3. The Morgan fingerprint density at radius 2 is 2.11 bits per heavy atom. The van der Waals surface area contributed by atoms with Gasteiger partial charge >= 0.3 is 6.09 Å². The molecule has 4 atom stereocenters. The molecular weight excluding hydrogens is 516 g/mol. The summed E-state index contributed by atoms with van der Waals surface area (Å²) < 4.78 is 47.8. The second-order valence-corrected chi connectivity index (χ2v) is 11.5. The topological polar surface area (TPSA) is 98.7 Å². The van der Waals surface area contributed by atoms with Crippen LogP contribution in [0, 0.1) is 28.9 Å². The van der Waals surface area contributed by atoms with Crippen LogP contribution in [-0.2, 0) is 9.47 Å². The molecule has 198 valence electrons. The van der Waals surface area contributed by atoms with Gasteiger partial charge in [0.15, 0.2) is 5.82 Å². The summed E-state index contributed by atoms with van der Waals surface area (Å²) in [7, 11) is 0. The number of nitrogens with zero attached hydrogens (tertiary/aromatic N) is 4. The molecule has 2 aliphatic heterocycles. The Balaban J connectivity index is 1.07. The number of rotatable bonds is 6. The molecule has 0 bridgehead atoms.